The molecule has 5 nitrogen and oxygen atoms in total. The van der Waals surface area contributed by atoms with Crippen LogP contribution < -0.4 is 4.74 Å². The monoisotopic (exact) mass is 247 g/mol. The van der Waals surface area contributed by atoms with Gasteiger partial charge in [0.15, 0.2) is 17.2 Å². The summed E-state index contributed by atoms with van der Waals surface area (Å²) < 4.78 is 34.2. The van der Waals surface area contributed by atoms with Crippen molar-refractivity contribution < 1.29 is 28.2 Å². The number of ether oxygens (including phenoxy) is 2. The van der Waals surface area contributed by atoms with Gasteiger partial charge < -0.3 is 14.6 Å². The van der Waals surface area contributed by atoms with Gasteiger partial charge in [-0.1, -0.05) is 0 Å². The number of carbonyl (C=O) groups is 1. The standard InChI is InChI=1S/C10H11F2NO4/c1-3-17-10(15)5-4-13-6(9(11)12)7(14)8(5)16-2/h4,9,14H,3H2,1-2H3. The Kier molecular flexibility index (Phi) is 4.19. The fraction of sp³-hybridized carbons (Fsp3) is 0.400. The van der Waals surface area contributed by atoms with Crippen LogP contribution in [0.15, 0.2) is 6.20 Å². The molecule has 0 amide bonds. The molecule has 94 valence electrons. The van der Waals surface area contributed by atoms with Crippen LogP contribution in [0.2, 0.25) is 0 Å². The molecule has 1 rings (SSSR count). The van der Waals surface area contributed by atoms with Crippen LogP contribution in [-0.2, 0) is 4.74 Å². The van der Waals surface area contributed by atoms with Gasteiger partial charge in [-0.3, -0.25) is 4.98 Å². The van der Waals surface area contributed by atoms with E-state index in [-0.39, 0.29) is 17.9 Å². The number of nitrogens with zero attached hydrogens (tertiary/aromatic N) is 1. The molecule has 0 aliphatic carbocycles. The first-order valence-electron chi connectivity index (χ1n) is 4.74. The second-order valence-corrected chi connectivity index (χ2v) is 2.96. The van der Waals surface area contributed by atoms with E-state index in [0.29, 0.717) is 0 Å². The van der Waals surface area contributed by atoms with E-state index in [2.05, 4.69) is 9.72 Å². The molecule has 0 radical (unpaired) electrons. The van der Waals surface area contributed by atoms with Gasteiger partial charge in [0.1, 0.15) is 5.56 Å². The van der Waals surface area contributed by atoms with Crippen molar-refractivity contribution in [3.63, 3.8) is 0 Å². The lowest BCUT2D eigenvalue weighted by atomic mass is 10.2. The first-order valence-corrected chi connectivity index (χ1v) is 4.74. The third kappa shape index (κ3) is 2.61. The van der Waals surface area contributed by atoms with Gasteiger partial charge in [-0.25, -0.2) is 13.6 Å². The first-order chi connectivity index (χ1) is 8.02. The molecule has 17 heavy (non-hydrogen) atoms. The summed E-state index contributed by atoms with van der Waals surface area (Å²) in [6, 6.07) is 0. The number of carbonyl (C=O) groups excluding carboxylic acids is 1. The Balaban J connectivity index is 3.25. The van der Waals surface area contributed by atoms with Crippen LogP contribution in [-0.4, -0.2) is 29.8 Å². The van der Waals surface area contributed by atoms with E-state index in [9.17, 15) is 18.7 Å². The van der Waals surface area contributed by atoms with E-state index in [1.165, 1.54) is 0 Å². The number of methoxy groups -OCH3 is 1. The SMILES string of the molecule is CCOC(=O)c1cnc(C(F)F)c(O)c1OC. The van der Waals surface area contributed by atoms with Crippen LogP contribution in [0.5, 0.6) is 11.5 Å². The summed E-state index contributed by atoms with van der Waals surface area (Å²) >= 11 is 0. The Morgan fingerprint density at radius 1 is 1.59 bits per heavy atom. The van der Waals surface area contributed by atoms with Gasteiger partial charge in [0.2, 0.25) is 0 Å². The Morgan fingerprint density at radius 2 is 2.24 bits per heavy atom. The van der Waals surface area contributed by atoms with Gasteiger partial charge in [-0.15, -0.1) is 0 Å². The van der Waals surface area contributed by atoms with Gasteiger partial charge in [0.25, 0.3) is 6.43 Å². The van der Waals surface area contributed by atoms with Crippen LogP contribution in [0, 0.1) is 0 Å². The Labute approximate surface area is 96.0 Å². The van der Waals surface area contributed by atoms with Crippen LogP contribution in [0.4, 0.5) is 8.78 Å². The van der Waals surface area contributed by atoms with Gasteiger partial charge in [0, 0.05) is 6.20 Å². The minimum Gasteiger partial charge on any atom is -0.503 e. The quantitative estimate of drug-likeness (QED) is 0.823. The number of alkyl halides is 2. The summed E-state index contributed by atoms with van der Waals surface area (Å²) in [6.07, 6.45) is -2.07. The highest BCUT2D eigenvalue weighted by Crippen LogP contribution is 2.37. The van der Waals surface area contributed by atoms with Gasteiger partial charge in [-0.05, 0) is 6.92 Å². The van der Waals surface area contributed by atoms with Crippen LogP contribution in [0.3, 0.4) is 0 Å². The molecule has 1 aromatic rings. The van der Waals surface area contributed by atoms with Gasteiger partial charge in [-0.2, -0.15) is 0 Å². The number of halogens is 2. The summed E-state index contributed by atoms with van der Waals surface area (Å²) in [5, 5.41) is 9.48. The average Bonchev–Trinajstić information content (AvgIpc) is 2.28. The van der Waals surface area contributed by atoms with E-state index in [1.54, 1.807) is 6.92 Å². The number of aromatic nitrogens is 1. The zero-order chi connectivity index (χ0) is 13.0. The maximum Gasteiger partial charge on any atom is 0.343 e. The van der Waals surface area contributed by atoms with Crippen molar-refractivity contribution in [3.8, 4) is 11.5 Å². The second-order valence-electron chi connectivity index (χ2n) is 2.96. The van der Waals surface area contributed by atoms with E-state index < -0.39 is 23.8 Å². The third-order valence-electron chi connectivity index (χ3n) is 1.94. The van der Waals surface area contributed by atoms with Crippen LogP contribution in [0.1, 0.15) is 29.4 Å². The first kappa shape index (κ1) is 13.1. The largest absolute Gasteiger partial charge is 0.503 e. The predicted octanol–water partition coefficient (Wildman–Crippen LogP) is 1.91. The number of pyridine rings is 1. The number of hydrogen-bond donors (Lipinski definition) is 1. The summed E-state index contributed by atoms with van der Waals surface area (Å²) in [4.78, 5) is 14.7. The minimum atomic E-state index is -2.96. The highest BCUT2D eigenvalue weighted by atomic mass is 19.3. The van der Waals surface area contributed by atoms with Crippen molar-refractivity contribution >= 4 is 5.97 Å². The van der Waals surface area contributed by atoms with Crippen molar-refractivity contribution in [2.75, 3.05) is 13.7 Å². The second kappa shape index (κ2) is 5.42. The summed E-state index contributed by atoms with van der Waals surface area (Å²) in [5.74, 6) is -2.02. The van der Waals surface area contributed by atoms with Crippen molar-refractivity contribution in [3.05, 3.63) is 17.5 Å². The van der Waals surface area contributed by atoms with Crippen molar-refractivity contribution in [1.82, 2.24) is 4.98 Å². The topological polar surface area (TPSA) is 68.7 Å². The molecule has 7 heteroatoms. The fourth-order valence-corrected chi connectivity index (χ4v) is 1.22. The predicted molar refractivity (Wildman–Crippen MR) is 53.4 cm³/mol. The normalized spacial score (nSPS) is 10.4. The number of hydrogen-bond acceptors (Lipinski definition) is 5. The van der Waals surface area contributed by atoms with E-state index in [0.717, 1.165) is 13.3 Å². The molecule has 0 spiro atoms. The molecule has 1 aromatic heterocycles. The molecule has 0 saturated heterocycles. The highest BCUT2D eigenvalue weighted by molar-refractivity contribution is 5.93. The van der Waals surface area contributed by atoms with Crippen LogP contribution in [0.25, 0.3) is 0 Å². The van der Waals surface area contributed by atoms with Gasteiger partial charge >= 0.3 is 5.97 Å². The summed E-state index contributed by atoms with van der Waals surface area (Å²) in [7, 11) is 1.15. The molecule has 0 saturated carbocycles. The molecule has 0 aromatic carbocycles. The van der Waals surface area contributed by atoms with E-state index in [1.807, 2.05) is 0 Å². The number of esters is 1. The van der Waals surface area contributed by atoms with Crippen LogP contribution >= 0.6 is 0 Å². The smallest absolute Gasteiger partial charge is 0.343 e. The van der Waals surface area contributed by atoms with Crippen molar-refractivity contribution in [1.29, 1.82) is 0 Å². The number of aromatic hydroxyl groups is 1. The molecule has 0 aliphatic heterocycles. The molecule has 0 aliphatic rings. The third-order valence-corrected chi connectivity index (χ3v) is 1.94. The lowest BCUT2D eigenvalue weighted by Crippen LogP contribution is -2.09. The number of rotatable bonds is 4. The van der Waals surface area contributed by atoms with Crippen molar-refractivity contribution in [2.45, 2.75) is 13.3 Å². The van der Waals surface area contributed by atoms with E-state index >= 15 is 0 Å². The molecule has 0 fully saturated rings. The summed E-state index contributed by atoms with van der Waals surface area (Å²) in [6.45, 7) is 1.70. The molecule has 1 heterocycles. The zero-order valence-electron chi connectivity index (χ0n) is 9.24. The molecule has 1 N–H and O–H groups in total. The molecule has 0 bridgehead atoms. The van der Waals surface area contributed by atoms with Gasteiger partial charge in [0.05, 0.1) is 13.7 Å². The van der Waals surface area contributed by atoms with Crippen molar-refractivity contribution in [2.24, 2.45) is 0 Å². The molecule has 0 unspecified atom stereocenters. The Morgan fingerprint density at radius 3 is 2.71 bits per heavy atom. The maximum absolute atomic E-state index is 12.4. The lowest BCUT2D eigenvalue weighted by Gasteiger charge is -2.11. The molecular weight excluding hydrogens is 236 g/mol. The average molecular weight is 247 g/mol. The van der Waals surface area contributed by atoms with E-state index in [4.69, 9.17) is 4.74 Å². The molecular formula is C10H11F2NO4. The fourth-order valence-electron chi connectivity index (χ4n) is 1.22. The summed E-state index contributed by atoms with van der Waals surface area (Å²) in [5.41, 5.74) is -1.04. The lowest BCUT2D eigenvalue weighted by molar-refractivity contribution is 0.0520. The highest BCUT2D eigenvalue weighted by Gasteiger charge is 2.24. The minimum absolute atomic E-state index is 0.110. The Hall–Kier alpha value is -1.92. The maximum atomic E-state index is 12.4. The Bertz CT molecular complexity index is 423. The zero-order valence-corrected chi connectivity index (χ0v) is 9.24. The molecule has 0 atom stereocenters.